The third-order valence-electron chi connectivity index (χ3n) is 2.50. The monoisotopic (exact) mass is 240 g/mol. The first-order valence-electron chi connectivity index (χ1n) is 5.40. The maximum atomic E-state index is 9.64. The van der Waals surface area contributed by atoms with Gasteiger partial charge in [-0.3, -0.25) is 0 Å². The summed E-state index contributed by atoms with van der Waals surface area (Å²) >= 11 is 0. The molecule has 1 aromatic rings. The van der Waals surface area contributed by atoms with Crippen LogP contribution in [-0.2, 0) is 4.74 Å². The van der Waals surface area contributed by atoms with Gasteiger partial charge >= 0.3 is 0 Å². The highest BCUT2D eigenvalue weighted by molar-refractivity contribution is 5.62. The number of hydrogen-bond acceptors (Lipinski definition) is 5. The highest BCUT2D eigenvalue weighted by Gasteiger charge is 2.10. The van der Waals surface area contributed by atoms with Gasteiger partial charge in [0.1, 0.15) is 5.75 Å². The molecule has 0 spiro atoms. The minimum Gasteiger partial charge on any atom is -0.495 e. The third kappa shape index (κ3) is 3.80. The average molecular weight is 240 g/mol. The van der Waals surface area contributed by atoms with Gasteiger partial charge in [0.05, 0.1) is 25.5 Å². The smallest absolute Gasteiger partial charge is 0.143 e. The van der Waals surface area contributed by atoms with Crippen molar-refractivity contribution in [2.45, 2.75) is 6.10 Å². The summed E-state index contributed by atoms with van der Waals surface area (Å²) < 4.78 is 10.0. The predicted octanol–water partition coefficient (Wildman–Crippen LogP) is 0.721. The largest absolute Gasteiger partial charge is 0.495 e. The van der Waals surface area contributed by atoms with Gasteiger partial charge in [-0.1, -0.05) is 0 Å². The zero-order chi connectivity index (χ0) is 12.8. The van der Waals surface area contributed by atoms with E-state index >= 15 is 0 Å². The van der Waals surface area contributed by atoms with Gasteiger partial charge in [-0.15, -0.1) is 0 Å². The van der Waals surface area contributed by atoms with Gasteiger partial charge in [0, 0.05) is 32.5 Å². The van der Waals surface area contributed by atoms with E-state index in [4.69, 9.17) is 15.2 Å². The van der Waals surface area contributed by atoms with Crippen LogP contribution >= 0.6 is 0 Å². The molecule has 0 bridgehead atoms. The Hall–Kier alpha value is -1.46. The van der Waals surface area contributed by atoms with Crippen molar-refractivity contribution in [2.24, 2.45) is 0 Å². The zero-order valence-corrected chi connectivity index (χ0v) is 10.5. The topological polar surface area (TPSA) is 68.0 Å². The maximum Gasteiger partial charge on any atom is 0.143 e. The Morgan fingerprint density at radius 1 is 1.41 bits per heavy atom. The van der Waals surface area contributed by atoms with E-state index in [1.807, 2.05) is 24.1 Å². The minimum absolute atomic E-state index is 0.316. The number of anilines is 2. The minimum atomic E-state index is -0.520. The van der Waals surface area contributed by atoms with Crippen molar-refractivity contribution in [1.29, 1.82) is 0 Å². The quantitative estimate of drug-likeness (QED) is 0.717. The summed E-state index contributed by atoms with van der Waals surface area (Å²) in [5, 5.41) is 9.64. The van der Waals surface area contributed by atoms with E-state index in [1.54, 1.807) is 20.3 Å². The van der Waals surface area contributed by atoms with E-state index in [-0.39, 0.29) is 0 Å². The molecule has 3 N–H and O–H groups in total. The highest BCUT2D eigenvalue weighted by Crippen LogP contribution is 2.26. The van der Waals surface area contributed by atoms with Crippen molar-refractivity contribution < 1.29 is 14.6 Å². The van der Waals surface area contributed by atoms with E-state index in [0.29, 0.717) is 24.6 Å². The van der Waals surface area contributed by atoms with Crippen LogP contribution in [0, 0.1) is 0 Å². The van der Waals surface area contributed by atoms with E-state index in [0.717, 1.165) is 5.69 Å². The lowest BCUT2D eigenvalue weighted by atomic mass is 10.2. The number of hydrogen-bond donors (Lipinski definition) is 2. The van der Waals surface area contributed by atoms with E-state index < -0.39 is 6.10 Å². The first-order chi connectivity index (χ1) is 8.08. The number of benzene rings is 1. The second kappa shape index (κ2) is 6.32. The van der Waals surface area contributed by atoms with Crippen molar-refractivity contribution in [1.82, 2.24) is 0 Å². The fourth-order valence-electron chi connectivity index (χ4n) is 1.60. The van der Waals surface area contributed by atoms with Crippen LogP contribution in [0.3, 0.4) is 0 Å². The number of nitrogen functional groups attached to an aromatic ring is 1. The van der Waals surface area contributed by atoms with Gasteiger partial charge in [-0.25, -0.2) is 0 Å². The van der Waals surface area contributed by atoms with Crippen LogP contribution in [0.5, 0.6) is 5.75 Å². The molecular weight excluding hydrogens is 220 g/mol. The maximum absolute atomic E-state index is 9.64. The van der Waals surface area contributed by atoms with Crippen molar-refractivity contribution in [3.63, 3.8) is 0 Å². The first-order valence-corrected chi connectivity index (χ1v) is 5.40. The number of aliphatic hydroxyl groups is 1. The number of methoxy groups -OCH3 is 2. The molecular formula is C12H20N2O3. The molecule has 1 unspecified atom stereocenters. The second-order valence-corrected chi connectivity index (χ2v) is 3.92. The number of nitrogens with zero attached hydrogens (tertiary/aromatic N) is 1. The molecule has 0 fully saturated rings. The summed E-state index contributed by atoms with van der Waals surface area (Å²) in [6, 6.07) is 5.51. The average Bonchev–Trinajstić information content (AvgIpc) is 2.29. The van der Waals surface area contributed by atoms with Crippen molar-refractivity contribution >= 4 is 11.4 Å². The van der Waals surface area contributed by atoms with Crippen molar-refractivity contribution in [2.75, 3.05) is 45.1 Å². The Balaban J connectivity index is 2.71. The molecule has 1 aromatic carbocycles. The summed E-state index contributed by atoms with van der Waals surface area (Å²) in [6.07, 6.45) is -0.520. The Bertz CT molecular complexity index is 358. The molecule has 1 atom stereocenters. The van der Waals surface area contributed by atoms with Gasteiger partial charge in [0.15, 0.2) is 0 Å². The highest BCUT2D eigenvalue weighted by atomic mass is 16.5. The summed E-state index contributed by atoms with van der Waals surface area (Å²) in [5.41, 5.74) is 7.27. The molecule has 1 rings (SSSR count). The van der Waals surface area contributed by atoms with Crippen molar-refractivity contribution in [3.8, 4) is 5.75 Å². The SMILES string of the molecule is COCC(O)CN(C)c1ccc(N)c(OC)c1. The molecule has 0 saturated heterocycles. The molecule has 0 aliphatic rings. The molecule has 17 heavy (non-hydrogen) atoms. The molecule has 0 heterocycles. The molecule has 5 nitrogen and oxygen atoms in total. The number of rotatable bonds is 6. The van der Waals surface area contributed by atoms with Crippen LogP contribution in [0.15, 0.2) is 18.2 Å². The fraction of sp³-hybridized carbons (Fsp3) is 0.500. The number of nitrogens with two attached hydrogens (primary N) is 1. The van der Waals surface area contributed by atoms with Gasteiger partial charge in [0.25, 0.3) is 0 Å². The van der Waals surface area contributed by atoms with E-state index in [2.05, 4.69) is 0 Å². The molecule has 0 aliphatic carbocycles. The molecule has 0 aromatic heterocycles. The first kappa shape index (κ1) is 13.6. The van der Waals surface area contributed by atoms with Gasteiger partial charge in [-0.05, 0) is 12.1 Å². The van der Waals surface area contributed by atoms with Crippen molar-refractivity contribution in [3.05, 3.63) is 18.2 Å². The van der Waals surface area contributed by atoms with Crippen LogP contribution in [0.4, 0.5) is 11.4 Å². The molecule has 0 saturated carbocycles. The van der Waals surface area contributed by atoms with Crippen LogP contribution in [0.25, 0.3) is 0 Å². The summed E-state index contributed by atoms with van der Waals surface area (Å²) in [6.45, 7) is 0.803. The Kier molecular flexibility index (Phi) is 5.06. The Morgan fingerprint density at radius 2 is 2.12 bits per heavy atom. The normalized spacial score (nSPS) is 12.2. The van der Waals surface area contributed by atoms with Crippen LogP contribution in [0.1, 0.15) is 0 Å². The standard InChI is InChI=1S/C12H20N2O3/c1-14(7-10(15)8-16-2)9-4-5-11(13)12(6-9)17-3/h4-6,10,15H,7-8,13H2,1-3H3. The van der Waals surface area contributed by atoms with Crippen LogP contribution < -0.4 is 15.4 Å². The molecule has 96 valence electrons. The predicted molar refractivity (Wildman–Crippen MR) is 68.6 cm³/mol. The number of aliphatic hydroxyl groups excluding tert-OH is 1. The van der Waals surface area contributed by atoms with Crippen LogP contribution in [0.2, 0.25) is 0 Å². The lowest BCUT2D eigenvalue weighted by molar-refractivity contribution is 0.0695. The molecule has 0 aliphatic heterocycles. The van der Waals surface area contributed by atoms with Gasteiger partial charge in [-0.2, -0.15) is 0 Å². The van der Waals surface area contributed by atoms with Crippen LogP contribution in [-0.4, -0.2) is 45.6 Å². The Morgan fingerprint density at radius 3 is 2.71 bits per heavy atom. The van der Waals surface area contributed by atoms with Gasteiger partial charge < -0.3 is 25.2 Å². The second-order valence-electron chi connectivity index (χ2n) is 3.92. The van der Waals surface area contributed by atoms with Gasteiger partial charge in [0.2, 0.25) is 0 Å². The zero-order valence-electron chi connectivity index (χ0n) is 10.5. The third-order valence-corrected chi connectivity index (χ3v) is 2.50. The lowest BCUT2D eigenvalue weighted by Crippen LogP contribution is -2.31. The number of likely N-dealkylation sites (N-methyl/N-ethyl adjacent to an activating group) is 1. The Labute approximate surface area is 102 Å². The molecule has 0 amide bonds. The number of ether oxygens (including phenoxy) is 2. The summed E-state index contributed by atoms with van der Waals surface area (Å²) in [4.78, 5) is 1.92. The fourth-order valence-corrected chi connectivity index (χ4v) is 1.60. The van der Waals surface area contributed by atoms with E-state index in [1.165, 1.54) is 0 Å². The lowest BCUT2D eigenvalue weighted by Gasteiger charge is -2.23. The summed E-state index contributed by atoms with van der Waals surface area (Å²) in [7, 11) is 5.04. The molecule has 5 heteroatoms. The molecule has 0 radical (unpaired) electrons. The van der Waals surface area contributed by atoms with E-state index in [9.17, 15) is 5.11 Å². The summed E-state index contributed by atoms with van der Waals surface area (Å²) in [5.74, 6) is 0.635.